The molecule has 5 aliphatic rings. The zero-order valence-corrected chi connectivity index (χ0v) is 17.6. The van der Waals surface area contributed by atoms with Crippen molar-refractivity contribution in [1.29, 1.82) is 5.26 Å². The minimum absolute atomic E-state index is 0.0827. The van der Waals surface area contributed by atoms with Crippen molar-refractivity contribution in [2.45, 2.75) is 79.1 Å². The summed E-state index contributed by atoms with van der Waals surface area (Å²) in [5.74, 6) is 4.59. The van der Waals surface area contributed by atoms with Crippen LogP contribution in [0.3, 0.4) is 0 Å². The molecule has 146 valence electrons. The van der Waals surface area contributed by atoms with Crippen molar-refractivity contribution in [1.82, 2.24) is 0 Å². The molecule has 9 atom stereocenters. The van der Waals surface area contributed by atoms with Crippen LogP contribution in [0.4, 0.5) is 0 Å². The normalized spacial score (nSPS) is 55.5. The van der Waals surface area contributed by atoms with Crippen molar-refractivity contribution in [2.24, 2.45) is 51.8 Å². The lowest BCUT2D eigenvalue weighted by Crippen LogP contribution is -2.58. The van der Waals surface area contributed by atoms with Crippen molar-refractivity contribution in [3.8, 4) is 6.07 Å². The van der Waals surface area contributed by atoms with Gasteiger partial charge in [0.1, 0.15) is 0 Å². The van der Waals surface area contributed by atoms with Crippen LogP contribution in [0.2, 0.25) is 0 Å². The minimum Gasteiger partial charge on any atom is -0.295 e. The maximum atomic E-state index is 12.1. The van der Waals surface area contributed by atoms with Crippen LogP contribution in [0.1, 0.15) is 79.1 Å². The number of nitrogens with zero attached hydrogens (tertiary/aromatic N) is 1. The molecule has 0 spiro atoms. The van der Waals surface area contributed by atoms with Crippen LogP contribution in [-0.4, -0.2) is 5.78 Å². The first-order valence-electron chi connectivity index (χ1n) is 11.5. The van der Waals surface area contributed by atoms with Gasteiger partial charge in [-0.1, -0.05) is 39.7 Å². The lowest BCUT2D eigenvalue weighted by molar-refractivity contribution is -0.136. The van der Waals surface area contributed by atoms with Crippen molar-refractivity contribution in [3.63, 3.8) is 0 Å². The maximum absolute atomic E-state index is 12.1. The summed E-state index contributed by atoms with van der Waals surface area (Å²) in [5, 5.41) is 10.3. The molecule has 2 nitrogen and oxygen atoms in total. The van der Waals surface area contributed by atoms with Crippen molar-refractivity contribution in [3.05, 3.63) is 11.6 Å². The van der Waals surface area contributed by atoms with E-state index >= 15 is 0 Å². The molecule has 27 heavy (non-hydrogen) atoms. The lowest BCUT2D eigenvalue weighted by Gasteiger charge is -2.64. The van der Waals surface area contributed by atoms with Gasteiger partial charge >= 0.3 is 0 Å². The molecule has 5 aliphatic carbocycles. The molecule has 5 rings (SSSR count). The quantitative estimate of drug-likeness (QED) is 0.608. The summed E-state index contributed by atoms with van der Waals surface area (Å²) in [5.41, 5.74) is 1.93. The monoisotopic (exact) mass is 365 g/mol. The highest BCUT2D eigenvalue weighted by molar-refractivity contribution is 5.91. The number of rotatable bonds is 2. The predicted octanol–water partition coefficient (Wildman–Crippen LogP) is 5.93. The molecule has 0 aromatic rings. The second kappa shape index (κ2) is 5.49. The van der Waals surface area contributed by atoms with Crippen LogP contribution in [0.5, 0.6) is 0 Å². The predicted molar refractivity (Wildman–Crippen MR) is 107 cm³/mol. The van der Waals surface area contributed by atoms with Gasteiger partial charge < -0.3 is 0 Å². The Morgan fingerprint density at radius 3 is 2.67 bits per heavy atom. The Hall–Kier alpha value is -1.10. The topological polar surface area (TPSA) is 40.9 Å². The van der Waals surface area contributed by atoms with Crippen LogP contribution in [0.15, 0.2) is 11.6 Å². The van der Waals surface area contributed by atoms with E-state index < -0.39 is 0 Å². The van der Waals surface area contributed by atoms with Gasteiger partial charge in [-0.2, -0.15) is 5.26 Å². The third-order valence-corrected chi connectivity index (χ3v) is 10.6. The number of allylic oxidation sites excluding steroid dienone is 1. The van der Waals surface area contributed by atoms with Crippen LogP contribution >= 0.6 is 0 Å². The fraction of sp³-hybridized carbons (Fsp3) is 0.840. The van der Waals surface area contributed by atoms with Crippen LogP contribution < -0.4 is 0 Å². The Labute approximate surface area is 164 Å². The molecule has 0 radical (unpaired) electrons. The lowest BCUT2D eigenvalue weighted by atomic mass is 9.40. The van der Waals surface area contributed by atoms with Gasteiger partial charge in [0, 0.05) is 6.42 Å². The van der Waals surface area contributed by atoms with E-state index in [9.17, 15) is 10.1 Å². The summed E-state index contributed by atoms with van der Waals surface area (Å²) in [6.07, 6.45) is 11.0. The molecule has 0 aliphatic heterocycles. The molecule has 2 heteroatoms. The molecular weight excluding hydrogens is 330 g/mol. The number of hydrogen-bond donors (Lipinski definition) is 0. The second-order valence-electron chi connectivity index (χ2n) is 11.1. The number of carbonyl (C=O) groups is 1. The van der Waals surface area contributed by atoms with Crippen LogP contribution in [0, 0.1) is 63.1 Å². The fourth-order valence-corrected chi connectivity index (χ4v) is 9.36. The van der Waals surface area contributed by atoms with E-state index in [0.29, 0.717) is 29.0 Å². The molecule has 0 aromatic heterocycles. The average Bonchev–Trinajstić information content (AvgIpc) is 3.40. The molecule has 0 heterocycles. The average molecular weight is 366 g/mol. The van der Waals surface area contributed by atoms with Crippen LogP contribution in [0.25, 0.3) is 0 Å². The number of carbonyl (C=O) groups excluding carboxylic acids is 1. The van der Waals surface area contributed by atoms with Crippen molar-refractivity contribution in [2.75, 3.05) is 0 Å². The van der Waals surface area contributed by atoms with E-state index in [-0.39, 0.29) is 10.8 Å². The zero-order valence-electron chi connectivity index (χ0n) is 17.6. The Morgan fingerprint density at radius 1 is 1.22 bits per heavy atom. The van der Waals surface area contributed by atoms with E-state index in [2.05, 4.69) is 33.8 Å². The largest absolute Gasteiger partial charge is 0.295 e. The molecule has 0 unspecified atom stereocenters. The molecule has 0 N–H and O–H groups in total. The zero-order chi connectivity index (χ0) is 19.2. The summed E-state index contributed by atoms with van der Waals surface area (Å²) in [4.78, 5) is 12.1. The van der Waals surface area contributed by atoms with Gasteiger partial charge in [0.2, 0.25) is 0 Å². The van der Waals surface area contributed by atoms with E-state index in [1.807, 2.05) is 6.08 Å². The Kier molecular flexibility index (Phi) is 3.65. The Morgan fingerprint density at radius 2 is 2.00 bits per heavy atom. The van der Waals surface area contributed by atoms with Gasteiger partial charge in [-0.05, 0) is 90.9 Å². The summed E-state index contributed by atoms with van der Waals surface area (Å²) in [7, 11) is 0. The first-order chi connectivity index (χ1) is 12.9. The van der Waals surface area contributed by atoms with Gasteiger partial charge in [0.05, 0.1) is 11.5 Å². The summed E-state index contributed by atoms with van der Waals surface area (Å²) in [6, 6.07) is 2.91. The second-order valence-corrected chi connectivity index (χ2v) is 11.1. The number of ketones is 1. The number of hydrogen-bond acceptors (Lipinski definition) is 2. The SMILES string of the molecule is CC[C@@H]1CC2=CC(=O)CC[C@@H]2[C@@]2(C)CC[C@@]3(C)[C@@H]([C@@H]4C[C@@H]4[C@@]3(C#N)CC)[C@H]12. The molecule has 4 saturated carbocycles. The first kappa shape index (κ1) is 18.0. The van der Waals surface area contributed by atoms with E-state index in [1.165, 1.54) is 31.3 Å². The van der Waals surface area contributed by atoms with Gasteiger partial charge in [-0.25, -0.2) is 0 Å². The Balaban J connectivity index is 1.62. The van der Waals surface area contributed by atoms with Crippen LogP contribution in [-0.2, 0) is 4.79 Å². The minimum atomic E-state index is -0.0827. The molecule has 0 bridgehead atoms. The summed E-state index contributed by atoms with van der Waals surface area (Å²) < 4.78 is 0. The van der Waals surface area contributed by atoms with Gasteiger partial charge in [-0.3, -0.25) is 4.79 Å². The third-order valence-electron chi connectivity index (χ3n) is 10.6. The van der Waals surface area contributed by atoms with Crippen molar-refractivity contribution < 1.29 is 4.79 Å². The first-order valence-corrected chi connectivity index (χ1v) is 11.5. The molecule has 0 aromatic carbocycles. The fourth-order valence-electron chi connectivity index (χ4n) is 9.36. The molecular formula is C25H35NO. The standard InChI is InChI=1S/C25H35NO/c1-5-15-11-16-12-17(27)7-8-19(16)23(3)9-10-24(4)22(21(15)23)18-13-20(18)25(24,6-2)14-26/h12,15,18-22H,5-11,13H2,1-4H3/t15-,18-,19+,20+,21+,22+,23-,24+,25+/m1/s1. The summed E-state index contributed by atoms with van der Waals surface area (Å²) in [6.45, 7) is 9.70. The number of nitriles is 1. The Bertz CT molecular complexity index is 761. The highest BCUT2D eigenvalue weighted by Crippen LogP contribution is 2.81. The van der Waals surface area contributed by atoms with E-state index in [1.54, 1.807) is 0 Å². The van der Waals surface area contributed by atoms with E-state index in [4.69, 9.17) is 0 Å². The summed E-state index contributed by atoms with van der Waals surface area (Å²) >= 11 is 0. The number of fused-ring (bicyclic) bond motifs is 7. The molecule has 4 fully saturated rings. The van der Waals surface area contributed by atoms with Gasteiger partial charge in [-0.15, -0.1) is 0 Å². The van der Waals surface area contributed by atoms with Gasteiger partial charge in [0.15, 0.2) is 5.78 Å². The highest BCUT2D eigenvalue weighted by atomic mass is 16.1. The molecule has 0 amide bonds. The maximum Gasteiger partial charge on any atom is 0.155 e. The van der Waals surface area contributed by atoms with Gasteiger partial charge in [0.25, 0.3) is 0 Å². The third kappa shape index (κ3) is 1.95. The van der Waals surface area contributed by atoms with E-state index in [0.717, 1.165) is 43.4 Å². The molecule has 0 saturated heterocycles. The smallest absolute Gasteiger partial charge is 0.155 e. The highest BCUT2D eigenvalue weighted by Gasteiger charge is 2.77. The van der Waals surface area contributed by atoms with Crippen molar-refractivity contribution >= 4 is 5.78 Å².